The summed E-state index contributed by atoms with van der Waals surface area (Å²) in [7, 11) is 1.74. The van der Waals surface area contributed by atoms with Crippen molar-refractivity contribution in [3.8, 4) is 0 Å². The summed E-state index contributed by atoms with van der Waals surface area (Å²) in [6, 6.07) is 8.88. The van der Waals surface area contributed by atoms with Crippen molar-refractivity contribution < 1.29 is 4.74 Å². The second kappa shape index (κ2) is 3.93. The van der Waals surface area contributed by atoms with Crippen LogP contribution in [-0.4, -0.2) is 13.7 Å². The van der Waals surface area contributed by atoms with E-state index in [0.717, 1.165) is 13.0 Å². The molecule has 1 aliphatic rings. The van der Waals surface area contributed by atoms with Gasteiger partial charge in [0, 0.05) is 13.0 Å². The van der Waals surface area contributed by atoms with Crippen molar-refractivity contribution in [1.82, 2.24) is 0 Å². The largest absolute Gasteiger partial charge is 0.384 e. The Morgan fingerprint density at radius 2 is 1.85 bits per heavy atom. The first-order chi connectivity index (χ1) is 6.40. The molecule has 1 aromatic carbocycles. The van der Waals surface area contributed by atoms with Crippen molar-refractivity contribution in [2.24, 2.45) is 0 Å². The maximum atomic E-state index is 5.03. The molecule has 1 nitrogen and oxygen atoms in total. The molecule has 0 bridgehead atoms. The summed E-state index contributed by atoms with van der Waals surface area (Å²) in [6.07, 6.45) is 3.63. The molecule has 0 heterocycles. The SMILES string of the molecule is COCCc1ccc([C]2CC2)cc1. The fourth-order valence-electron chi connectivity index (χ4n) is 1.48. The van der Waals surface area contributed by atoms with E-state index >= 15 is 0 Å². The predicted molar refractivity (Wildman–Crippen MR) is 53.6 cm³/mol. The van der Waals surface area contributed by atoms with Crippen molar-refractivity contribution >= 4 is 0 Å². The maximum absolute atomic E-state index is 5.03. The van der Waals surface area contributed by atoms with E-state index in [0.29, 0.717) is 0 Å². The minimum atomic E-state index is 0.815. The Morgan fingerprint density at radius 1 is 1.15 bits per heavy atom. The third-order valence-corrected chi connectivity index (χ3v) is 2.46. The summed E-state index contributed by atoms with van der Waals surface area (Å²) >= 11 is 0. The molecule has 0 unspecified atom stereocenters. The van der Waals surface area contributed by atoms with Gasteiger partial charge in [0.15, 0.2) is 0 Å². The number of methoxy groups -OCH3 is 1. The Balaban J connectivity index is 1.96. The average molecular weight is 175 g/mol. The van der Waals surface area contributed by atoms with Gasteiger partial charge in [-0.1, -0.05) is 24.3 Å². The van der Waals surface area contributed by atoms with E-state index in [-0.39, 0.29) is 0 Å². The normalized spacial score (nSPS) is 16.1. The fraction of sp³-hybridized carbons (Fsp3) is 0.417. The zero-order valence-corrected chi connectivity index (χ0v) is 8.05. The first-order valence-corrected chi connectivity index (χ1v) is 4.83. The standard InChI is InChI=1S/C12H15O/c1-13-9-8-10-2-4-11(5-3-10)12-6-7-12/h2-5H,6-9H2,1H3. The summed E-state index contributed by atoms with van der Waals surface area (Å²) in [6.45, 7) is 0.815. The highest BCUT2D eigenvalue weighted by Gasteiger charge is 2.23. The molecule has 1 aliphatic carbocycles. The average Bonchev–Trinajstić information content (AvgIpc) is 2.99. The molecule has 69 valence electrons. The van der Waals surface area contributed by atoms with Gasteiger partial charge in [-0.3, -0.25) is 0 Å². The molecule has 0 aliphatic heterocycles. The third-order valence-electron chi connectivity index (χ3n) is 2.46. The van der Waals surface area contributed by atoms with E-state index in [1.807, 2.05) is 0 Å². The Bertz CT molecular complexity index is 259. The number of ether oxygens (including phenoxy) is 1. The minimum Gasteiger partial charge on any atom is -0.384 e. The van der Waals surface area contributed by atoms with Crippen molar-refractivity contribution in [2.45, 2.75) is 19.3 Å². The van der Waals surface area contributed by atoms with E-state index < -0.39 is 0 Å². The fourth-order valence-corrected chi connectivity index (χ4v) is 1.48. The monoisotopic (exact) mass is 175 g/mol. The molecule has 2 rings (SSSR count). The van der Waals surface area contributed by atoms with Crippen LogP contribution in [0.1, 0.15) is 24.0 Å². The first-order valence-electron chi connectivity index (χ1n) is 4.83. The van der Waals surface area contributed by atoms with Gasteiger partial charge in [-0.25, -0.2) is 0 Å². The zero-order chi connectivity index (χ0) is 9.10. The summed E-state index contributed by atoms with van der Waals surface area (Å²) in [4.78, 5) is 0. The lowest BCUT2D eigenvalue weighted by Gasteiger charge is -2.01. The van der Waals surface area contributed by atoms with Gasteiger partial charge >= 0.3 is 0 Å². The van der Waals surface area contributed by atoms with Crippen LogP contribution in [0.2, 0.25) is 0 Å². The van der Waals surface area contributed by atoms with Crippen molar-refractivity contribution in [1.29, 1.82) is 0 Å². The lowest BCUT2D eigenvalue weighted by Crippen LogP contribution is -1.94. The summed E-state index contributed by atoms with van der Waals surface area (Å²) in [5.74, 6) is 1.61. The van der Waals surface area contributed by atoms with Crippen LogP contribution in [0.15, 0.2) is 24.3 Å². The molecule has 0 amide bonds. The third kappa shape index (κ3) is 2.31. The molecule has 0 atom stereocenters. The van der Waals surface area contributed by atoms with Crippen LogP contribution in [-0.2, 0) is 11.2 Å². The second-order valence-electron chi connectivity index (χ2n) is 3.54. The lowest BCUT2D eigenvalue weighted by molar-refractivity contribution is 0.202. The summed E-state index contributed by atoms with van der Waals surface area (Å²) in [5, 5.41) is 0. The molecule has 1 aromatic rings. The van der Waals surface area contributed by atoms with Crippen LogP contribution < -0.4 is 0 Å². The highest BCUT2D eigenvalue weighted by molar-refractivity contribution is 5.38. The Hall–Kier alpha value is -0.820. The van der Waals surface area contributed by atoms with Gasteiger partial charge in [0.25, 0.3) is 0 Å². The minimum absolute atomic E-state index is 0.815. The highest BCUT2D eigenvalue weighted by Crippen LogP contribution is 2.38. The number of rotatable bonds is 4. The molecule has 0 aromatic heterocycles. The summed E-state index contributed by atoms with van der Waals surface area (Å²) < 4.78 is 5.03. The summed E-state index contributed by atoms with van der Waals surface area (Å²) in [5.41, 5.74) is 2.80. The van der Waals surface area contributed by atoms with Crippen LogP contribution in [0.5, 0.6) is 0 Å². The van der Waals surface area contributed by atoms with E-state index in [4.69, 9.17) is 4.74 Å². The Labute approximate surface area is 79.7 Å². The molecule has 0 N–H and O–H groups in total. The number of hydrogen-bond acceptors (Lipinski definition) is 1. The van der Waals surface area contributed by atoms with Gasteiger partial charge in [-0.2, -0.15) is 0 Å². The molecule has 13 heavy (non-hydrogen) atoms. The zero-order valence-electron chi connectivity index (χ0n) is 8.05. The molecule has 1 fully saturated rings. The first kappa shape index (κ1) is 8.76. The van der Waals surface area contributed by atoms with Gasteiger partial charge in [0.2, 0.25) is 0 Å². The van der Waals surface area contributed by atoms with Gasteiger partial charge in [-0.05, 0) is 30.4 Å². The van der Waals surface area contributed by atoms with E-state index in [1.54, 1.807) is 13.0 Å². The van der Waals surface area contributed by atoms with Crippen LogP contribution >= 0.6 is 0 Å². The van der Waals surface area contributed by atoms with Gasteiger partial charge in [-0.15, -0.1) is 0 Å². The molecule has 0 saturated heterocycles. The predicted octanol–water partition coefficient (Wildman–Crippen LogP) is 2.59. The number of hydrogen-bond donors (Lipinski definition) is 0. The molecular weight excluding hydrogens is 160 g/mol. The van der Waals surface area contributed by atoms with Gasteiger partial charge < -0.3 is 4.74 Å². The highest BCUT2D eigenvalue weighted by atomic mass is 16.5. The molecule has 1 radical (unpaired) electrons. The van der Waals surface area contributed by atoms with Crippen molar-refractivity contribution in [3.05, 3.63) is 41.3 Å². The van der Waals surface area contributed by atoms with E-state index in [2.05, 4.69) is 24.3 Å². The molecule has 0 spiro atoms. The van der Waals surface area contributed by atoms with Crippen LogP contribution in [0.25, 0.3) is 0 Å². The molecule has 1 saturated carbocycles. The molecular formula is C12H15O. The topological polar surface area (TPSA) is 9.23 Å². The van der Waals surface area contributed by atoms with Crippen molar-refractivity contribution in [2.75, 3.05) is 13.7 Å². The quantitative estimate of drug-likeness (QED) is 0.683. The smallest absolute Gasteiger partial charge is 0.0502 e. The van der Waals surface area contributed by atoms with Crippen LogP contribution in [0.3, 0.4) is 0 Å². The van der Waals surface area contributed by atoms with Crippen LogP contribution in [0, 0.1) is 5.92 Å². The van der Waals surface area contributed by atoms with E-state index in [9.17, 15) is 0 Å². The van der Waals surface area contributed by atoms with Crippen LogP contribution in [0.4, 0.5) is 0 Å². The van der Waals surface area contributed by atoms with Gasteiger partial charge in [0.05, 0.1) is 6.61 Å². The maximum Gasteiger partial charge on any atom is 0.0502 e. The second-order valence-corrected chi connectivity index (χ2v) is 3.54. The molecule has 1 heteroatoms. The van der Waals surface area contributed by atoms with Gasteiger partial charge in [0.1, 0.15) is 0 Å². The van der Waals surface area contributed by atoms with E-state index in [1.165, 1.54) is 24.0 Å². The number of benzene rings is 1. The van der Waals surface area contributed by atoms with Crippen molar-refractivity contribution in [3.63, 3.8) is 0 Å². The lowest BCUT2D eigenvalue weighted by atomic mass is 10.1. The Morgan fingerprint density at radius 3 is 2.38 bits per heavy atom. The Kier molecular flexibility index (Phi) is 2.65.